The second kappa shape index (κ2) is 6.92. The van der Waals surface area contributed by atoms with E-state index in [4.69, 9.17) is 5.73 Å². The minimum absolute atomic E-state index is 0.154. The number of hydrogen-bond acceptors (Lipinski definition) is 6. The van der Waals surface area contributed by atoms with E-state index in [-0.39, 0.29) is 17.6 Å². The number of thioether (sulfide) groups is 1. The average molecular weight is 308 g/mol. The van der Waals surface area contributed by atoms with Crippen molar-refractivity contribution in [3.05, 3.63) is 40.7 Å². The van der Waals surface area contributed by atoms with Crippen LogP contribution in [0.2, 0.25) is 0 Å². The van der Waals surface area contributed by atoms with E-state index in [0.717, 1.165) is 0 Å². The second-order valence-electron chi connectivity index (χ2n) is 3.70. The molecule has 0 aliphatic heterocycles. The first-order valence-electron chi connectivity index (χ1n) is 5.62. The van der Waals surface area contributed by atoms with Crippen molar-refractivity contribution < 1.29 is 9.59 Å². The summed E-state index contributed by atoms with van der Waals surface area (Å²) in [5, 5.41) is 2.48. The van der Waals surface area contributed by atoms with Crippen molar-refractivity contribution in [1.82, 2.24) is 15.8 Å². The van der Waals surface area contributed by atoms with Gasteiger partial charge in [0.1, 0.15) is 0 Å². The molecule has 104 valence electrons. The Morgan fingerprint density at radius 1 is 1.30 bits per heavy atom. The van der Waals surface area contributed by atoms with Gasteiger partial charge in [-0.1, -0.05) is 17.8 Å². The molecule has 0 fully saturated rings. The lowest BCUT2D eigenvalue weighted by molar-refractivity contribution is -0.119. The lowest BCUT2D eigenvalue weighted by Gasteiger charge is -2.05. The topological polar surface area (TPSA) is 97.1 Å². The molecular formula is C12H12N4O2S2. The number of aromatic nitrogens is 1. The molecule has 2 aromatic heterocycles. The largest absolute Gasteiger partial charge is 0.397 e. The second-order valence-corrected chi connectivity index (χ2v) is 5.64. The zero-order chi connectivity index (χ0) is 14.4. The normalized spacial score (nSPS) is 10.0. The van der Waals surface area contributed by atoms with E-state index in [1.54, 1.807) is 29.6 Å². The fraction of sp³-hybridized carbons (Fsp3) is 0.0833. The summed E-state index contributed by atoms with van der Waals surface area (Å²) in [6.45, 7) is 0. The summed E-state index contributed by atoms with van der Waals surface area (Å²) in [5.74, 6) is -0.482. The van der Waals surface area contributed by atoms with Crippen molar-refractivity contribution in [3.8, 4) is 0 Å². The molecule has 0 atom stereocenters. The van der Waals surface area contributed by atoms with Gasteiger partial charge in [0.2, 0.25) is 5.91 Å². The quantitative estimate of drug-likeness (QED) is 0.584. The molecule has 0 saturated heterocycles. The molecule has 8 heteroatoms. The van der Waals surface area contributed by atoms with E-state index >= 15 is 0 Å². The molecule has 2 rings (SSSR count). The molecule has 2 amide bonds. The number of rotatable bonds is 4. The monoisotopic (exact) mass is 308 g/mol. The third-order valence-electron chi connectivity index (χ3n) is 2.17. The maximum Gasteiger partial charge on any atom is 0.279 e. The van der Waals surface area contributed by atoms with Crippen LogP contribution in [0.4, 0.5) is 5.69 Å². The summed E-state index contributed by atoms with van der Waals surface area (Å²) in [4.78, 5) is 27.7. The predicted octanol–water partition coefficient (Wildman–Crippen LogP) is 1.28. The van der Waals surface area contributed by atoms with E-state index in [2.05, 4.69) is 15.8 Å². The van der Waals surface area contributed by atoms with Crippen LogP contribution in [-0.4, -0.2) is 22.6 Å². The first kappa shape index (κ1) is 14.4. The van der Waals surface area contributed by atoms with E-state index in [0.29, 0.717) is 15.6 Å². The summed E-state index contributed by atoms with van der Waals surface area (Å²) in [5.41, 5.74) is 10.8. The molecule has 0 aliphatic rings. The number of carbonyl (C=O) groups excluding carboxylic acids is 2. The van der Waals surface area contributed by atoms with E-state index in [1.165, 1.54) is 29.3 Å². The van der Waals surface area contributed by atoms with Crippen molar-refractivity contribution in [2.75, 3.05) is 11.5 Å². The number of anilines is 1. The Morgan fingerprint density at radius 3 is 2.80 bits per heavy atom. The van der Waals surface area contributed by atoms with Gasteiger partial charge in [0, 0.05) is 0 Å². The van der Waals surface area contributed by atoms with E-state index in [1.807, 2.05) is 0 Å². The molecule has 2 heterocycles. The van der Waals surface area contributed by atoms with Crippen LogP contribution in [0.1, 0.15) is 9.67 Å². The van der Waals surface area contributed by atoms with Gasteiger partial charge in [0.25, 0.3) is 5.91 Å². The van der Waals surface area contributed by atoms with Crippen LogP contribution in [0, 0.1) is 0 Å². The number of pyridine rings is 1. The first-order chi connectivity index (χ1) is 9.65. The van der Waals surface area contributed by atoms with Crippen molar-refractivity contribution >= 4 is 40.6 Å². The highest BCUT2D eigenvalue weighted by Crippen LogP contribution is 2.15. The average Bonchev–Trinajstić information content (AvgIpc) is 2.98. The maximum absolute atomic E-state index is 11.6. The number of hydrogen-bond donors (Lipinski definition) is 3. The van der Waals surface area contributed by atoms with Crippen LogP contribution >= 0.6 is 23.1 Å². The maximum atomic E-state index is 11.6. The van der Waals surface area contributed by atoms with E-state index in [9.17, 15) is 9.59 Å². The Hall–Kier alpha value is -2.06. The molecule has 6 nitrogen and oxygen atoms in total. The van der Waals surface area contributed by atoms with Crippen LogP contribution in [-0.2, 0) is 4.79 Å². The number of nitrogens with one attached hydrogen (secondary N) is 2. The number of nitrogen functional groups attached to an aromatic ring is 1. The summed E-state index contributed by atoms with van der Waals surface area (Å²) >= 11 is 2.56. The minimum Gasteiger partial charge on any atom is -0.397 e. The van der Waals surface area contributed by atoms with Crippen molar-refractivity contribution in [3.63, 3.8) is 0 Å². The first-order valence-corrected chi connectivity index (χ1v) is 7.48. The lowest BCUT2D eigenvalue weighted by Crippen LogP contribution is -2.42. The SMILES string of the molecule is Nc1ccc(SCC(=O)NNC(=O)c2cccs2)nc1. The zero-order valence-corrected chi connectivity index (χ0v) is 12.0. The van der Waals surface area contributed by atoms with Crippen molar-refractivity contribution in [2.24, 2.45) is 0 Å². The van der Waals surface area contributed by atoms with Crippen molar-refractivity contribution in [1.29, 1.82) is 0 Å². The zero-order valence-electron chi connectivity index (χ0n) is 10.3. The number of nitrogens with zero attached hydrogens (tertiary/aromatic N) is 1. The highest BCUT2D eigenvalue weighted by Gasteiger charge is 2.08. The molecular weight excluding hydrogens is 296 g/mol. The van der Waals surface area contributed by atoms with Gasteiger partial charge in [-0.2, -0.15) is 0 Å². The van der Waals surface area contributed by atoms with Crippen LogP contribution in [0.5, 0.6) is 0 Å². The van der Waals surface area contributed by atoms with Gasteiger partial charge < -0.3 is 5.73 Å². The van der Waals surface area contributed by atoms with Gasteiger partial charge in [0.15, 0.2) is 0 Å². The summed E-state index contributed by atoms with van der Waals surface area (Å²) < 4.78 is 0. The fourth-order valence-corrected chi connectivity index (χ4v) is 2.51. The fourth-order valence-electron chi connectivity index (χ4n) is 1.25. The Labute approximate surface area is 123 Å². The molecule has 0 unspecified atom stereocenters. The third-order valence-corrected chi connectivity index (χ3v) is 3.98. The summed E-state index contributed by atoms with van der Waals surface area (Å²) in [6.07, 6.45) is 1.53. The molecule has 2 aromatic rings. The highest BCUT2D eigenvalue weighted by atomic mass is 32.2. The molecule has 4 N–H and O–H groups in total. The Bertz CT molecular complexity index is 584. The smallest absolute Gasteiger partial charge is 0.279 e. The molecule has 0 bridgehead atoms. The third kappa shape index (κ3) is 4.25. The molecule has 20 heavy (non-hydrogen) atoms. The van der Waals surface area contributed by atoms with Crippen LogP contribution in [0.25, 0.3) is 0 Å². The van der Waals surface area contributed by atoms with Gasteiger partial charge in [-0.05, 0) is 23.6 Å². The van der Waals surface area contributed by atoms with Gasteiger partial charge in [-0.3, -0.25) is 20.4 Å². The predicted molar refractivity (Wildman–Crippen MR) is 79.3 cm³/mol. The number of nitrogens with two attached hydrogens (primary N) is 1. The Balaban J connectivity index is 1.73. The minimum atomic E-state index is -0.330. The number of carbonyl (C=O) groups is 2. The number of hydrazine groups is 1. The van der Waals surface area contributed by atoms with Gasteiger partial charge in [-0.25, -0.2) is 4.98 Å². The Kier molecular flexibility index (Phi) is 4.97. The van der Waals surface area contributed by atoms with Crippen LogP contribution < -0.4 is 16.6 Å². The molecule has 0 spiro atoms. The van der Waals surface area contributed by atoms with Gasteiger partial charge in [0.05, 0.1) is 27.5 Å². The van der Waals surface area contributed by atoms with Crippen LogP contribution in [0.3, 0.4) is 0 Å². The van der Waals surface area contributed by atoms with Gasteiger partial charge in [-0.15, -0.1) is 11.3 Å². The summed E-state index contributed by atoms with van der Waals surface area (Å²) in [7, 11) is 0. The lowest BCUT2D eigenvalue weighted by atomic mass is 10.4. The molecule has 0 radical (unpaired) electrons. The summed E-state index contributed by atoms with van der Waals surface area (Å²) in [6, 6.07) is 6.90. The standard InChI is InChI=1S/C12H12N4O2S2/c13-8-3-4-11(14-6-8)20-7-10(17)15-16-12(18)9-2-1-5-19-9/h1-6H,7,13H2,(H,15,17)(H,16,18). The number of thiophene rings is 1. The molecule has 0 aromatic carbocycles. The van der Waals surface area contributed by atoms with E-state index < -0.39 is 0 Å². The van der Waals surface area contributed by atoms with Crippen LogP contribution in [0.15, 0.2) is 40.9 Å². The highest BCUT2D eigenvalue weighted by molar-refractivity contribution is 7.99. The molecule has 0 saturated carbocycles. The van der Waals surface area contributed by atoms with Gasteiger partial charge >= 0.3 is 0 Å². The van der Waals surface area contributed by atoms with Crippen molar-refractivity contribution in [2.45, 2.75) is 5.03 Å². The molecule has 0 aliphatic carbocycles. The number of amides is 2. The Morgan fingerprint density at radius 2 is 2.15 bits per heavy atom.